The van der Waals surface area contributed by atoms with Crippen LogP contribution in [0, 0.1) is 0 Å². The Morgan fingerprint density at radius 1 is 1.12 bits per heavy atom. The summed E-state index contributed by atoms with van der Waals surface area (Å²) < 4.78 is 0. The van der Waals surface area contributed by atoms with E-state index < -0.39 is 0 Å². The van der Waals surface area contributed by atoms with Gasteiger partial charge in [0.1, 0.15) is 5.75 Å². The average molecular weight is 233 g/mol. The number of phenolic OH excluding ortho intramolecular Hbond substituents is 1. The van der Waals surface area contributed by atoms with Crippen molar-refractivity contribution in [2.45, 2.75) is 6.92 Å². The summed E-state index contributed by atoms with van der Waals surface area (Å²) in [5.41, 5.74) is 2.05. The van der Waals surface area contributed by atoms with Crippen LogP contribution in [-0.4, -0.2) is 54.0 Å². The molecule has 1 aromatic carbocycles. The molecule has 1 aromatic rings. The minimum absolute atomic E-state index is 0.293. The lowest BCUT2D eigenvalue weighted by molar-refractivity contribution is 0.159. The first-order valence-corrected chi connectivity index (χ1v) is 5.93. The summed E-state index contributed by atoms with van der Waals surface area (Å²) in [6, 6.07) is 7.17. The molecular weight excluding hydrogens is 214 g/mol. The summed E-state index contributed by atoms with van der Waals surface area (Å²) in [6.07, 6.45) is 0. The third-order valence-electron chi connectivity index (χ3n) is 3.06. The molecule has 0 saturated carbocycles. The second-order valence-corrected chi connectivity index (χ2v) is 4.49. The fourth-order valence-electron chi connectivity index (χ4n) is 1.87. The van der Waals surface area contributed by atoms with Crippen molar-refractivity contribution >= 4 is 5.71 Å². The first kappa shape index (κ1) is 11.9. The summed E-state index contributed by atoms with van der Waals surface area (Å²) in [7, 11) is 2.13. The van der Waals surface area contributed by atoms with E-state index in [-0.39, 0.29) is 0 Å². The molecule has 0 aliphatic carbocycles. The fraction of sp³-hybridized carbons (Fsp3) is 0.462. The Morgan fingerprint density at radius 2 is 1.71 bits per heavy atom. The molecule has 0 atom stereocenters. The normalized spacial score (nSPS) is 18.5. The maximum Gasteiger partial charge on any atom is 0.115 e. The molecule has 4 nitrogen and oxygen atoms in total. The number of nitrogens with zero attached hydrogens (tertiary/aromatic N) is 3. The van der Waals surface area contributed by atoms with E-state index >= 15 is 0 Å². The molecule has 0 spiro atoms. The number of rotatable bonds is 2. The number of hydrogen-bond acceptors (Lipinski definition) is 4. The SMILES string of the molecule is C/C(=N\N1CCN(C)CC1)c1ccc(O)cc1. The van der Waals surface area contributed by atoms with Gasteiger partial charge in [0, 0.05) is 26.2 Å². The summed E-state index contributed by atoms with van der Waals surface area (Å²) in [4.78, 5) is 2.31. The molecule has 1 heterocycles. The van der Waals surface area contributed by atoms with E-state index in [0.717, 1.165) is 37.5 Å². The van der Waals surface area contributed by atoms with Gasteiger partial charge < -0.3 is 10.0 Å². The van der Waals surface area contributed by atoms with Crippen LogP contribution in [0.5, 0.6) is 5.75 Å². The first-order chi connectivity index (χ1) is 8.15. The number of hydrogen-bond donors (Lipinski definition) is 1. The molecule has 4 heteroatoms. The van der Waals surface area contributed by atoms with Gasteiger partial charge in [-0.1, -0.05) is 0 Å². The number of likely N-dealkylation sites (N-methyl/N-ethyl adjacent to an activating group) is 1. The standard InChI is InChI=1S/C13H19N3O/c1-11(12-3-5-13(17)6-4-12)14-16-9-7-15(2)8-10-16/h3-6,17H,7-10H2,1-2H3/b14-11+. The van der Waals surface area contributed by atoms with Crippen molar-refractivity contribution in [2.75, 3.05) is 33.2 Å². The van der Waals surface area contributed by atoms with Crippen LogP contribution in [-0.2, 0) is 0 Å². The third-order valence-corrected chi connectivity index (χ3v) is 3.06. The molecule has 1 fully saturated rings. The second-order valence-electron chi connectivity index (χ2n) is 4.49. The van der Waals surface area contributed by atoms with Crippen LogP contribution in [0.15, 0.2) is 29.4 Å². The highest BCUT2D eigenvalue weighted by Gasteiger charge is 2.12. The zero-order valence-electron chi connectivity index (χ0n) is 10.4. The van der Waals surface area contributed by atoms with Crippen LogP contribution in [0.3, 0.4) is 0 Å². The molecule has 92 valence electrons. The van der Waals surface area contributed by atoms with Gasteiger partial charge in [0.05, 0.1) is 5.71 Å². The maximum absolute atomic E-state index is 9.23. The highest BCUT2D eigenvalue weighted by atomic mass is 16.3. The van der Waals surface area contributed by atoms with Crippen molar-refractivity contribution in [1.82, 2.24) is 9.91 Å². The predicted octanol–water partition coefficient (Wildman–Crippen LogP) is 1.36. The molecule has 0 bridgehead atoms. The van der Waals surface area contributed by atoms with E-state index in [4.69, 9.17) is 0 Å². The van der Waals surface area contributed by atoms with Gasteiger partial charge in [-0.15, -0.1) is 0 Å². The number of phenols is 1. The van der Waals surface area contributed by atoms with E-state index in [9.17, 15) is 5.11 Å². The van der Waals surface area contributed by atoms with Gasteiger partial charge >= 0.3 is 0 Å². The molecule has 17 heavy (non-hydrogen) atoms. The highest BCUT2D eigenvalue weighted by Crippen LogP contribution is 2.11. The number of piperazine rings is 1. The lowest BCUT2D eigenvalue weighted by atomic mass is 10.1. The Balaban J connectivity index is 2.03. The highest BCUT2D eigenvalue weighted by molar-refractivity contribution is 5.98. The minimum atomic E-state index is 0.293. The molecular formula is C13H19N3O. The topological polar surface area (TPSA) is 39.1 Å². The van der Waals surface area contributed by atoms with E-state index in [1.54, 1.807) is 12.1 Å². The zero-order valence-corrected chi connectivity index (χ0v) is 10.4. The molecule has 0 amide bonds. The van der Waals surface area contributed by atoms with Crippen LogP contribution in [0.2, 0.25) is 0 Å². The van der Waals surface area contributed by atoms with Crippen molar-refractivity contribution in [2.24, 2.45) is 5.10 Å². The zero-order chi connectivity index (χ0) is 12.3. The maximum atomic E-state index is 9.23. The summed E-state index contributed by atoms with van der Waals surface area (Å²) in [5.74, 6) is 0.293. The monoisotopic (exact) mass is 233 g/mol. The first-order valence-electron chi connectivity index (χ1n) is 5.93. The van der Waals surface area contributed by atoms with Crippen LogP contribution in [0.1, 0.15) is 12.5 Å². The predicted molar refractivity (Wildman–Crippen MR) is 69.4 cm³/mol. The van der Waals surface area contributed by atoms with Gasteiger partial charge in [-0.25, -0.2) is 0 Å². The molecule has 1 aliphatic heterocycles. The van der Waals surface area contributed by atoms with E-state index in [0.29, 0.717) is 5.75 Å². The quantitative estimate of drug-likeness (QED) is 0.784. The van der Waals surface area contributed by atoms with Crippen LogP contribution in [0.4, 0.5) is 0 Å². The van der Waals surface area contributed by atoms with Crippen molar-refractivity contribution in [3.63, 3.8) is 0 Å². The third kappa shape index (κ3) is 3.20. The van der Waals surface area contributed by atoms with Crippen molar-refractivity contribution < 1.29 is 5.11 Å². The summed E-state index contributed by atoms with van der Waals surface area (Å²) in [5, 5.41) is 16.0. The fourth-order valence-corrected chi connectivity index (χ4v) is 1.87. The van der Waals surface area contributed by atoms with Crippen LogP contribution in [0.25, 0.3) is 0 Å². The van der Waals surface area contributed by atoms with Gasteiger partial charge in [-0.3, -0.25) is 5.01 Å². The molecule has 1 aliphatic rings. The van der Waals surface area contributed by atoms with Crippen molar-refractivity contribution in [1.29, 1.82) is 0 Å². The smallest absolute Gasteiger partial charge is 0.115 e. The lowest BCUT2D eigenvalue weighted by Crippen LogP contribution is -2.42. The average Bonchev–Trinajstić information content (AvgIpc) is 2.33. The van der Waals surface area contributed by atoms with Crippen molar-refractivity contribution in [3.8, 4) is 5.75 Å². The van der Waals surface area contributed by atoms with Gasteiger partial charge in [0.2, 0.25) is 0 Å². The lowest BCUT2D eigenvalue weighted by Gasteiger charge is -2.30. The second kappa shape index (κ2) is 5.19. The van der Waals surface area contributed by atoms with Gasteiger partial charge in [-0.2, -0.15) is 5.10 Å². The molecule has 0 radical (unpaired) electrons. The number of aromatic hydroxyl groups is 1. The number of benzene rings is 1. The Bertz CT molecular complexity index is 392. The Labute approximate surface area is 102 Å². The minimum Gasteiger partial charge on any atom is -0.508 e. The van der Waals surface area contributed by atoms with Gasteiger partial charge in [0.15, 0.2) is 0 Å². The van der Waals surface area contributed by atoms with Gasteiger partial charge in [-0.05, 0) is 43.8 Å². The largest absolute Gasteiger partial charge is 0.508 e. The Hall–Kier alpha value is -1.55. The molecule has 2 rings (SSSR count). The molecule has 0 aromatic heterocycles. The van der Waals surface area contributed by atoms with Gasteiger partial charge in [0.25, 0.3) is 0 Å². The van der Waals surface area contributed by atoms with Crippen LogP contribution < -0.4 is 0 Å². The van der Waals surface area contributed by atoms with Crippen LogP contribution >= 0.6 is 0 Å². The summed E-state index contributed by atoms with van der Waals surface area (Å²) in [6.45, 7) is 6.08. The number of hydrazone groups is 1. The summed E-state index contributed by atoms with van der Waals surface area (Å²) >= 11 is 0. The molecule has 1 saturated heterocycles. The van der Waals surface area contributed by atoms with E-state index in [2.05, 4.69) is 22.1 Å². The van der Waals surface area contributed by atoms with Crippen molar-refractivity contribution in [3.05, 3.63) is 29.8 Å². The molecule has 0 unspecified atom stereocenters. The Morgan fingerprint density at radius 3 is 2.29 bits per heavy atom. The van der Waals surface area contributed by atoms with E-state index in [1.165, 1.54) is 0 Å². The molecule has 1 N–H and O–H groups in total. The Kier molecular flexibility index (Phi) is 3.64. The van der Waals surface area contributed by atoms with E-state index in [1.807, 2.05) is 19.1 Å².